The highest BCUT2D eigenvalue weighted by Crippen LogP contribution is 2.27. The Hall–Kier alpha value is -2.04. The van der Waals surface area contributed by atoms with Gasteiger partial charge in [-0.3, -0.25) is 4.98 Å². The molecule has 3 nitrogen and oxygen atoms in total. The minimum absolute atomic E-state index is 0.566. The molecule has 0 bridgehead atoms. The van der Waals surface area contributed by atoms with E-state index in [1.165, 1.54) is 0 Å². The van der Waals surface area contributed by atoms with Gasteiger partial charge in [-0.15, -0.1) is 11.3 Å². The van der Waals surface area contributed by atoms with E-state index in [4.69, 9.17) is 5.73 Å². The first kappa shape index (κ1) is 12.0. The lowest BCUT2D eigenvalue weighted by Crippen LogP contribution is -1.95. The third-order valence-electron chi connectivity index (χ3n) is 2.87. The molecule has 0 fully saturated rings. The van der Waals surface area contributed by atoms with Crippen LogP contribution in [-0.2, 0) is 6.54 Å². The average Bonchev–Trinajstić information content (AvgIpc) is 2.98. The first-order valence-corrected chi connectivity index (χ1v) is 6.91. The molecule has 0 amide bonds. The Kier molecular flexibility index (Phi) is 3.35. The largest absolute Gasteiger partial charge is 0.326 e. The van der Waals surface area contributed by atoms with Crippen LogP contribution in [0.25, 0.3) is 22.0 Å². The molecule has 0 atom stereocenters. The lowest BCUT2D eigenvalue weighted by molar-refractivity contribution is 1.07. The van der Waals surface area contributed by atoms with Crippen molar-refractivity contribution >= 4 is 11.3 Å². The molecule has 1 aromatic carbocycles. The molecule has 3 aromatic rings. The van der Waals surface area contributed by atoms with Gasteiger partial charge < -0.3 is 5.73 Å². The van der Waals surface area contributed by atoms with Crippen LogP contribution < -0.4 is 5.73 Å². The molecular weight excluding hydrogens is 254 g/mol. The fourth-order valence-corrected chi connectivity index (χ4v) is 2.63. The van der Waals surface area contributed by atoms with Crippen LogP contribution in [0.1, 0.15) is 5.56 Å². The third-order valence-corrected chi connectivity index (χ3v) is 3.74. The number of hydrogen-bond acceptors (Lipinski definition) is 4. The van der Waals surface area contributed by atoms with Gasteiger partial charge in [-0.05, 0) is 17.7 Å². The lowest BCUT2D eigenvalue weighted by atomic mass is 10.1. The fourth-order valence-electron chi connectivity index (χ4n) is 1.82. The molecule has 0 saturated heterocycles. The number of benzene rings is 1. The lowest BCUT2D eigenvalue weighted by Gasteiger charge is -1.99. The minimum Gasteiger partial charge on any atom is -0.326 e. The predicted octanol–water partition coefficient (Wildman–Crippen LogP) is 3.33. The molecule has 4 heteroatoms. The number of nitrogens with zero attached hydrogens (tertiary/aromatic N) is 2. The summed E-state index contributed by atoms with van der Waals surface area (Å²) in [6.45, 7) is 0.566. The Morgan fingerprint density at radius 2 is 1.84 bits per heavy atom. The smallest absolute Gasteiger partial charge is 0.142 e. The second-order valence-electron chi connectivity index (χ2n) is 4.15. The van der Waals surface area contributed by atoms with Gasteiger partial charge in [-0.2, -0.15) is 0 Å². The molecule has 0 spiro atoms. The van der Waals surface area contributed by atoms with E-state index >= 15 is 0 Å². The summed E-state index contributed by atoms with van der Waals surface area (Å²) in [5, 5.41) is 3.00. The van der Waals surface area contributed by atoms with E-state index < -0.39 is 0 Å². The normalized spacial score (nSPS) is 10.6. The van der Waals surface area contributed by atoms with Gasteiger partial charge in [-0.25, -0.2) is 4.98 Å². The topological polar surface area (TPSA) is 51.8 Å². The molecule has 0 radical (unpaired) electrons. The van der Waals surface area contributed by atoms with Crippen LogP contribution in [-0.4, -0.2) is 9.97 Å². The van der Waals surface area contributed by atoms with Crippen molar-refractivity contribution in [1.82, 2.24) is 9.97 Å². The Balaban J connectivity index is 1.92. The van der Waals surface area contributed by atoms with Crippen LogP contribution in [0.5, 0.6) is 0 Å². The van der Waals surface area contributed by atoms with Crippen LogP contribution in [0.15, 0.2) is 54.0 Å². The number of thiazole rings is 1. The van der Waals surface area contributed by atoms with E-state index in [1.807, 2.05) is 30.3 Å². The highest BCUT2D eigenvalue weighted by Gasteiger charge is 2.07. The Bertz CT molecular complexity index is 659. The first-order valence-electron chi connectivity index (χ1n) is 6.03. The Labute approximate surface area is 115 Å². The second-order valence-corrected chi connectivity index (χ2v) is 5.01. The van der Waals surface area contributed by atoms with Crippen molar-refractivity contribution in [3.8, 4) is 22.0 Å². The van der Waals surface area contributed by atoms with Crippen molar-refractivity contribution in [3.63, 3.8) is 0 Å². The quantitative estimate of drug-likeness (QED) is 0.792. The molecule has 19 heavy (non-hydrogen) atoms. The minimum atomic E-state index is 0.566. The monoisotopic (exact) mass is 267 g/mol. The summed E-state index contributed by atoms with van der Waals surface area (Å²) in [5.74, 6) is 0. The zero-order valence-electron chi connectivity index (χ0n) is 10.3. The van der Waals surface area contributed by atoms with Gasteiger partial charge in [0.1, 0.15) is 5.01 Å². The molecule has 3 rings (SSSR count). The number of aromatic nitrogens is 2. The van der Waals surface area contributed by atoms with Gasteiger partial charge in [0.2, 0.25) is 0 Å². The molecule has 0 saturated carbocycles. The van der Waals surface area contributed by atoms with Gasteiger partial charge >= 0.3 is 0 Å². The maximum absolute atomic E-state index is 5.60. The molecule has 0 unspecified atom stereocenters. The van der Waals surface area contributed by atoms with E-state index in [-0.39, 0.29) is 0 Å². The summed E-state index contributed by atoms with van der Waals surface area (Å²) in [6, 6.07) is 14.0. The van der Waals surface area contributed by atoms with Crippen molar-refractivity contribution < 1.29 is 0 Å². The van der Waals surface area contributed by atoms with Crippen LogP contribution in [0, 0.1) is 0 Å². The maximum atomic E-state index is 5.60. The highest BCUT2D eigenvalue weighted by molar-refractivity contribution is 7.13. The zero-order chi connectivity index (χ0) is 13.1. The van der Waals surface area contributed by atoms with Crippen LogP contribution in [0.2, 0.25) is 0 Å². The summed E-state index contributed by atoms with van der Waals surface area (Å²) < 4.78 is 0. The molecule has 0 aliphatic heterocycles. The van der Waals surface area contributed by atoms with E-state index in [2.05, 4.69) is 27.5 Å². The molecule has 0 aliphatic carbocycles. The van der Waals surface area contributed by atoms with Gasteiger partial charge in [-0.1, -0.05) is 30.3 Å². The molecule has 0 aliphatic rings. The van der Waals surface area contributed by atoms with Crippen molar-refractivity contribution in [3.05, 3.63) is 59.6 Å². The van der Waals surface area contributed by atoms with E-state index in [9.17, 15) is 0 Å². The summed E-state index contributed by atoms with van der Waals surface area (Å²) in [7, 11) is 0. The van der Waals surface area contributed by atoms with Crippen molar-refractivity contribution in [2.75, 3.05) is 0 Å². The summed E-state index contributed by atoms with van der Waals surface area (Å²) >= 11 is 1.61. The van der Waals surface area contributed by atoms with E-state index in [0.29, 0.717) is 6.54 Å². The predicted molar refractivity (Wildman–Crippen MR) is 78.7 cm³/mol. The fraction of sp³-hybridized carbons (Fsp3) is 0.0667. The van der Waals surface area contributed by atoms with Crippen LogP contribution in [0.3, 0.4) is 0 Å². The van der Waals surface area contributed by atoms with Crippen LogP contribution >= 0.6 is 11.3 Å². The molecule has 2 aromatic heterocycles. The van der Waals surface area contributed by atoms with Gasteiger partial charge in [0.05, 0.1) is 11.4 Å². The average molecular weight is 267 g/mol. The first-order chi connectivity index (χ1) is 9.36. The summed E-state index contributed by atoms with van der Waals surface area (Å²) in [6.07, 6.45) is 1.78. The van der Waals surface area contributed by atoms with Crippen molar-refractivity contribution in [1.29, 1.82) is 0 Å². The Morgan fingerprint density at radius 1 is 1.00 bits per heavy atom. The number of rotatable bonds is 3. The highest BCUT2D eigenvalue weighted by atomic mass is 32.1. The zero-order valence-corrected chi connectivity index (χ0v) is 11.1. The second kappa shape index (κ2) is 5.30. The van der Waals surface area contributed by atoms with Crippen molar-refractivity contribution in [2.24, 2.45) is 5.73 Å². The maximum Gasteiger partial charge on any atom is 0.142 e. The van der Waals surface area contributed by atoms with Gasteiger partial charge in [0, 0.05) is 23.7 Å². The summed E-state index contributed by atoms with van der Waals surface area (Å²) in [5.41, 5.74) is 9.73. The molecular formula is C15H13N3S. The van der Waals surface area contributed by atoms with Gasteiger partial charge in [0.25, 0.3) is 0 Å². The van der Waals surface area contributed by atoms with E-state index in [0.717, 1.165) is 27.5 Å². The van der Waals surface area contributed by atoms with Crippen LogP contribution in [0.4, 0.5) is 0 Å². The van der Waals surface area contributed by atoms with E-state index in [1.54, 1.807) is 17.5 Å². The molecule has 2 heterocycles. The number of hydrogen-bond donors (Lipinski definition) is 1. The molecule has 2 N–H and O–H groups in total. The third kappa shape index (κ3) is 2.54. The van der Waals surface area contributed by atoms with Crippen molar-refractivity contribution in [2.45, 2.75) is 6.54 Å². The standard InChI is InChI=1S/C15H13N3S/c16-9-11-4-6-12(7-5-11)14-10-19-15(18-14)13-3-1-2-8-17-13/h1-8,10H,9,16H2. The molecule has 94 valence electrons. The number of nitrogens with two attached hydrogens (primary N) is 1. The number of pyridine rings is 1. The summed E-state index contributed by atoms with van der Waals surface area (Å²) in [4.78, 5) is 8.95. The van der Waals surface area contributed by atoms with Gasteiger partial charge in [0.15, 0.2) is 0 Å². The SMILES string of the molecule is NCc1ccc(-c2csc(-c3ccccn3)n2)cc1. The Morgan fingerprint density at radius 3 is 2.53 bits per heavy atom.